The average Bonchev–Trinajstić information content (AvgIpc) is 3.00. The fourth-order valence-electron chi connectivity index (χ4n) is 3.05. The number of fused-ring (bicyclic) bond motifs is 1. The van der Waals surface area contributed by atoms with Crippen LogP contribution in [0.5, 0.6) is 0 Å². The Kier molecular flexibility index (Phi) is 7.52. The number of amides is 1. The van der Waals surface area contributed by atoms with Gasteiger partial charge in [-0.15, -0.1) is 11.3 Å². The Morgan fingerprint density at radius 1 is 1.33 bits per heavy atom. The van der Waals surface area contributed by atoms with E-state index in [2.05, 4.69) is 10.3 Å². The average molecular weight is 448 g/mol. The summed E-state index contributed by atoms with van der Waals surface area (Å²) in [7, 11) is 0.565. The van der Waals surface area contributed by atoms with Crippen LogP contribution in [0.15, 0.2) is 35.4 Å². The molecule has 160 valence electrons. The minimum atomic E-state index is -1.02. The third-order valence-corrected chi connectivity index (χ3v) is 7.18. The minimum absolute atomic E-state index is 0.116. The van der Waals surface area contributed by atoms with Crippen LogP contribution in [-0.4, -0.2) is 39.1 Å². The number of aromatic nitrogens is 2. The number of rotatable bonds is 9. The number of ether oxygens (including phenoxy) is 1. The third-order valence-electron chi connectivity index (χ3n) is 4.79. The van der Waals surface area contributed by atoms with Crippen molar-refractivity contribution in [3.8, 4) is 0 Å². The zero-order chi connectivity index (χ0) is 21.7. The summed E-state index contributed by atoms with van der Waals surface area (Å²) in [6, 6.07) is 7.31. The first kappa shape index (κ1) is 22.3. The van der Waals surface area contributed by atoms with Gasteiger partial charge in [-0.3, -0.25) is 18.4 Å². The molecule has 3 rings (SSSR count). The third kappa shape index (κ3) is 5.41. The second-order valence-electron chi connectivity index (χ2n) is 6.99. The molecular weight excluding hydrogens is 422 g/mol. The van der Waals surface area contributed by atoms with Gasteiger partial charge in [0.25, 0.3) is 5.56 Å². The van der Waals surface area contributed by atoms with Crippen molar-refractivity contribution in [1.29, 1.82) is 0 Å². The maximum Gasteiger partial charge on any atom is 0.262 e. The Bertz CT molecular complexity index is 1140. The fourth-order valence-corrected chi connectivity index (χ4v) is 5.08. The molecule has 2 heterocycles. The molecule has 0 bridgehead atoms. The number of anilines is 1. The van der Waals surface area contributed by atoms with Crippen molar-refractivity contribution in [2.24, 2.45) is 0 Å². The number of hydrogen-bond acceptors (Lipinski definition) is 6. The molecule has 3 aromatic rings. The number of hydrogen-bond donors (Lipinski definition) is 1. The Morgan fingerprint density at radius 2 is 2.13 bits per heavy atom. The van der Waals surface area contributed by atoms with E-state index in [1.165, 1.54) is 22.2 Å². The molecule has 0 aliphatic carbocycles. The highest BCUT2D eigenvalue weighted by molar-refractivity contribution is 7.84. The quantitative estimate of drug-likeness (QED) is 0.545. The van der Waals surface area contributed by atoms with Gasteiger partial charge in [-0.1, -0.05) is 12.1 Å². The van der Waals surface area contributed by atoms with Crippen molar-refractivity contribution in [2.45, 2.75) is 32.6 Å². The number of benzene rings is 1. The maximum absolute atomic E-state index is 12.7. The number of nitrogens with zero attached hydrogens (tertiary/aromatic N) is 2. The number of thiophene rings is 1. The Balaban J connectivity index is 1.61. The lowest BCUT2D eigenvalue weighted by Crippen LogP contribution is -2.23. The molecule has 30 heavy (non-hydrogen) atoms. The lowest BCUT2D eigenvalue weighted by atomic mass is 10.2. The van der Waals surface area contributed by atoms with E-state index in [0.717, 1.165) is 20.8 Å². The summed E-state index contributed by atoms with van der Waals surface area (Å²) >= 11 is 1.51. The van der Waals surface area contributed by atoms with Crippen LogP contribution in [0.2, 0.25) is 0 Å². The summed E-state index contributed by atoms with van der Waals surface area (Å²) in [6.07, 6.45) is 1.66. The second kappa shape index (κ2) is 10.1. The van der Waals surface area contributed by atoms with E-state index in [9.17, 15) is 13.8 Å². The van der Waals surface area contributed by atoms with Crippen molar-refractivity contribution < 1.29 is 13.7 Å². The first-order chi connectivity index (χ1) is 14.4. The van der Waals surface area contributed by atoms with Crippen molar-refractivity contribution in [2.75, 3.05) is 24.8 Å². The molecule has 2 aromatic heterocycles. The lowest BCUT2D eigenvalue weighted by molar-refractivity contribution is -0.116. The smallest absolute Gasteiger partial charge is 0.262 e. The summed E-state index contributed by atoms with van der Waals surface area (Å²) < 4.78 is 18.5. The SMILES string of the molecule is COCCS(=O)Cc1cccc(NC(=O)CCn2cnc3sc(C)c(C)c3c2=O)c1. The normalized spacial score (nSPS) is 12.2. The molecule has 1 aromatic carbocycles. The van der Waals surface area contributed by atoms with Gasteiger partial charge in [-0.2, -0.15) is 0 Å². The van der Waals surface area contributed by atoms with Crippen LogP contribution in [0.3, 0.4) is 0 Å². The number of aryl methyl sites for hydroxylation is 3. The van der Waals surface area contributed by atoms with Crippen LogP contribution in [0.4, 0.5) is 5.69 Å². The zero-order valence-electron chi connectivity index (χ0n) is 17.3. The maximum atomic E-state index is 12.7. The highest BCUT2D eigenvalue weighted by Crippen LogP contribution is 2.25. The number of carbonyl (C=O) groups excluding carboxylic acids is 1. The fraction of sp³-hybridized carbons (Fsp3) is 0.381. The predicted molar refractivity (Wildman–Crippen MR) is 122 cm³/mol. The Morgan fingerprint density at radius 3 is 2.90 bits per heavy atom. The van der Waals surface area contributed by atoms with Crippen LogP contribution in [0.1, 0.15) is 22.4 Å². The second-order valence-corrected chi connectivity index (χ2v) is 9.77. The van der Waals surface area contributed by atoms with Crippen molar-refractivity contribution >= 4 is 43.9 Å². The Hall–Kier alpha value is -2.36. The van der Waals surface area contributed by atoms with Gasteiger partial charge in [0.1, 0.15) is 4.83 Å². The van der Waals surface area contributed by atoms with E-state index >= 15 is 0 Å². The summed E-state index contributed by atoms with van der Waals surface area (Å²) in [4.78, 5) is 31.3. The first-order valence-electron chi connectivity index (χ1n) is 9.57. The van der Waals surface area contributed by atoms with Gasteiger partial charge < -0.3 is 10.1 Å². The van der Waals surface area contributed by atoms with E-state index in [1.54, 1.807) is 13.2 Å². The Labute approximate surface area is 181 Å². The number of nitrogens with one attached hydrogen (secondary N) is 1. The molecule has 0 radical (unpaired) electrons. The summed E-state index contributed by atoms with van der Waals surface area (Å²) in [5.74, 6) is 0.689. The van der Waals surface area contributed by atoms with Gasteiger partial charge in [0.05, 0.1) is 18.3 Å². The van der Waals surface area contributed by atoms with Gasteiger partial charge in [-0.25, -0.2) is 4.98 Å². The molecule has 0 spiro atoms. The van der Waals surface area contributed by atoms with Crippen molar-refractivity contribution in [3.63, 3.8) is 0 Å². The number of carbonyl (C=O) groups is 1. The molecule has 0 saturated carbocycles. The van der Waals surface area contributed by atoms with Crippen LogP contribution in [0.25, 0.3) is 10.2 Å². The molecule has 0 aliphatic rings. The van der Waals surface area contributed by atoms with Gasteiger partial charge in [-0.05, 0) is 37.1 Å². The van der Waals surface area contributed by atoms with Crippen LogP contribution < -0.4 is 10.9 Å². The molecule has 0 saturated heterocycles. The van der Waals surface area contributed by atoms with Gasteiger partial charge in [0.15, 0.2) is 0 Å². The van der Waals surface area contributed by atoms with Crippen LogP contribution >= 0.6 is 11.3 Å². The molecule has 9 heteroatoms. The molecule has 1 unspecified atom stereocenters. The summed E-state index contributed by atoms with van der Waals surface area (Å²) in [6.45, 7) is 4.60. The van der Waals surface area contributed by atoms with E-state index in [0.29, 0.717) is 29.2 Å². The van der Waals surface area contributed by atoms with Crippen molar-refractivity contribution in [3.05, 3.63) is 57.0 Å². The topological polar surface area (TPSA) is 90.3 Å². The molecule has 1 amide bonds. The monoisotopic (exact) mass is 447 g/mol. The minimum Gasteiger partial charge on any atom is -0.384 e. The lowest BCUT2D eigenvalue weighted by Gasteiger charge is -2.09. The van der Waals surface area contributed by atoms with E-state index in [-0.39, 0.29) is 24.4 Å². The summed E-state index contributed by atoms with van der Waals surface area (Å²) in [5.41, 5.74) is 2.36. The van der Waals surface area contributed by atoms with Crippen LogP contribution in [0, 0.1) is 13.8 Å². The molecule has 0 aliphatic heterocycles. The summed E-state index contributed by atoms with van der Waals surface area (Å²) in [5, 5.41) is 3.48. The zero-order valence-corrected chi connectivity index (χ0v) is 18.9. The van der Waals surface area contributed by atoms with Crippen LogP contribution in [-0.2, 0) is 32.6 Å². The predicted octanol–water partition coefficient (Wildman–Crippen LogP) is 3.00. The molecule has 1 atom stereocenters. The van der Waals surface area contributed by atoms with E-state index < -0.39 is 10.8 Å². The van der Waals surface area contributed by atoms with E-state index in [1.807, 2.05) is 32.0 Å². The molecule has 1 N–H and O–H groups in total. The molecule has 7 nitrogen and oxygen atoms in total. The molecular formula is C21H25N3O4S2. The largest absolute Gasteiger partial charge is 0.384 e. The standard InChI is InChI=1S/C21H25N3O4S2/c1-14-15(2)29-20-19(14)21(26)24(13-22-20)8-7-18(25)23-17-6-4-5-16(11-17)12-30(27)10-9-28-3/h4-6,11,13H,7-10,12H2,1-3H3,(H,23,25). The molecule has 0 fully saturated rings. The first-order valence-corrected chi connectivity index (χ1v) is 11.9. The number of methoxy groups -OCH3 is 1. The van der Waals surface area contributed by atoms with E-state index in [4.69, 9.17) is 4.74 Å². The highest BCUT2D eigenvalue weighted by Gasteiger charge is 2.13. The van der Waals surface area contributed by atoms with Gasteiger partial charge in [0.2, 0.25) is 5.91 Å². The van der Waals surface area contributed by atoms with Gasteiger partial charge >= 0.3 is 0 Å². The highest BCUT2D eigenvalue weighted by atomic mass is 32.2. The van der Waals surface area contributed by atoms with Crippen molar-refractivity contribution in [1.82, 2.24) is 9.55 Å². The van der Waals surface area contributed by atoms with Gasteiger partial charge in [0, 0.05) is 52.9 Å².